The smallest absolute Gasteiger partial charge is 0.413 e. The second-order valence-corrected chi connectivity index (χ2v) is 12.6. The first-order valence-corrected chi connectivity index (χ1v) is 15.0. The van der Waals surface area contributed by atoms with Crippen molar-refractivity contribution in [3.63, 3.8) is 0 Å². The molecular weight excluding hydrogens is 552 g/mol. The maximum Gasteiger partial charge on any atom is 0.413 e. The second kappa shape index (κ2) is 11.8. The first-order chi connectivity index (χ1) is 19.3. The number of carbonyl (C=O) groups is 1. The topological polar surface area (TPSA) is 143 Å². The zero-order valence-electron chi connectivity index (χ0n) is 22.4. The SMILES string of the molecule is COC(=O)Nc1nc(C)c(S(=O)(=O)N2CCN(C[C@H](C)Nc3ncnc4c(-c5cccnc5)cccc34)CC2)s1. The Labute approximate surface area is 236 Å². The summed E-state index contributed by atoms with van der Waals surface area (Å²) in [7, 11) is -2.50. The molecule has 0 unspecified atom stereocenters. The summed E-state index contributed by atoms with van der Waals surface area (Å²) in [6, 6.07) is 9.98. The van der Waals surface area contributed by atoms with Gasteiger partial charge in [0.2, 0.25) is 0 Å². The van der Waals surface area contributed by atoms with Gasteiger partial charge in [-0.1, -0.05) is 29.5 Å². The molecule has 5 rings (SSSR count). The van der Waals surface area contributed by atoms with Crippen LogP contribution in [-0.4, -0.2) is 89.5 Å². The number of amides is 1. The molecule has 4 heterocycles. The van der Waals surface area contributed by atoms with Crippen LogP contribution in [0.2, 0.25) is 0 Å². The van der Waals surface area contributed by atoms with Crippen LogP contribution in [0.5, 0.6) is 0 Å². The fourth-order valence-corrected chi connectivity index (χ4v) is 7.66. The Hall–Kier alpha value is -3.72. The fourth-order valence-electron chi connectivity index (χ4n) is 4.71. The van der Waals surface area contributed by atoms with E-state index in [0.29, 0.717) is 38.4 Å². The molecule has 1 amide bonds. The van der Waals surface area contributed by atoms with Gasteiger partial charge in [-0.3, -0.25) is 15.2 Å². The predicted octanol–water partition coefficient (Wildman–Crippen LogP) is 3.44. The highest BCUT2D eigenvalue weighted by Gasteiger charge is 2.32. The van der Waals surface area contributed by atoms with Gasteiger partial charge < -0.3 is 10.1 Å². The average Bonchev–Trinajstić information content (AvgIpc) is 3.34. The molecule has 0 aliphatic carbocycles. The molecule has 210 valence electrons. The highest BCUT2D eigenvalue weighted by molar-refractivity contribution is 7.91. The van der Waals surface area contributed by atoms with Crippen LogP contribution >= 0.6 is 11.3 Å². The summed E-state index contributed by atoms with van der Waals surface area (Å²) < 4.78 is 32.8. The number of sulfonamides is 1. The van der Waals surface area contributed by atoms with E-state index in [1.54, 1.807) is 19.4 Å². The summed E-state index contributed by atoms with van der Waals surface area (Å²) >= 11 is 0.925. The molecular formula is C26H30N8O4S2. The number of aromatic nitrogens is 4. The molecule has 1 aromatic carbocycles. The lowest BCUT2D eigenvalue weighted by molar-refractivity contribution is 0.184. The van der Waals surface area contributed by atoms with Gasteiger partial charge in [0, 0.05) is 67.7 Å². The Morgan fingerprint density at radius 1 is 1.15 bits per heavy atom. The van der Waals surface area contributed by atoms with Crippen molar-refractivity contribution in [1.29, 1.82) is 0 Å². The maximum absolute atomic E-state index is 13.3. The summed E-state index contributed by atoms with van der Waals surface area (Å²) in [6.07, 6.45) is 4.43. The van der Waals surface area contributed by atoms with Crippen LogP contribution in [0.4, 0.5) is 15.7 Å². The number of fused-ring (bicyclic) bond motifs is 1. The zero-order valence-corrected chi connectivity index (χ0v) is 24.0. The predicted molar refractivity (Wildman–Crippen MR) is 154 cm³/mol. The van der Waals surface area contributed by atoms with Gasteiger partial charge in [0.25, 0.3) is 10.0 Å². The highest BCUT2D eigenvalue weighted by Crippen LogP contribution is 2.31. The molecule has 1 aliphatic heterocycles. The lowest BCUT2D eigenvalue weighted by atomic mass is 10.0. The molecule has 0 saturated carbocycles. The van der Waals surface area contributed by atoms with E-state index in [9.17, 15) is 13.2 Å². The summed E-state index contributed by atoms with van der Waals surface area (Å²) in [5.41, 5.74) is 3.18. The van der Waals surface area contributed by atoms with Gasteiger partial charge in [0.15, 0.2) is 9.34 Å². The van der Waals surface area contributed by atoms with Crippen molar-refractivity contribution in [3.05, 3.63) is 54.7 Å². The van der Waals surface area contributed by atoms with Crippen molar-refractivity contribution in [1.82, 2.24) is 29.1 Å². The van der Waals surface area contributed by atoms with Crippen molar-refractivity contribution in [2.75, 3.05) is 50.5 Å². The van der Waals surface area contributed by atoms with E-state index in [-0.39, 0.29) is 15.4 Å². The Morgan fingerprint density at radius 3 is 2.67 bits per heavy atom. The number of para-hydroxylation sites is 1. The third kappa shape index (κ3) is 5.89. The Kier molecular flexibility index (Phi) is 8.21. The van der Waals surface area contributed by atoms with E-state index in [4.69, 9.17) is 0 Å². The monoisotopic (exact) mass is 582 g/mol. The molecule has 1 aliphatic rings. The van der Waals surface area contributed by atoms with Gasteiger partial charge in [0.05, 0.1) is 18.3 Å². The average molecular weight is 583 g/mol. The number of piperazine rings is 1. The molecule has 4 aromatic rings. The van der Waals surface area contributed by atoms with Crippen molar-refractivity contribution in [2.24, 2.45) is 0 Å². The van der Waals surface area contributed by atoms with Crippen LogP contribution in [0.3, 0.4) is 0 Å². The lowest BCUT2D eigenvalue weighted by Gasteiger charge is -2.35. The van der Waals surface area contributed by atoms with Crippen LogP contribution in [0.1, 0.15) is 12.6 Å². The van der Waals surface area contributed by atoms with Gasteiger partial charge >= 0.3 is 6.09 Å². The van der Waals surface area contributed by atoms with Crippen molar-refractivity contribution >= 4 is 49.3 Å². The standard InChI is InChI=1S/C26H30N8O4S2/c1-17(30-23-21-8-4-7-20(22(21)28-16-29-23)19-6-5-9-27-14-19)15-33-10-12-34(13-11-33)40(36,37)24-18(2)31-25(39-24)32-26(35)38-3/h4-9,14,16-17H,10-13,15H2,1-3H3,(H,28,29,30)(H,31,32,35)/t17-/m0/s1. The minimum Gasteiger partial charge on any atom is -0.453 e. The van der Waals surface area contributed by atoms with Gasteiger partial charge in [0.1, 0.15) is 12.1 Å². The number of ether oxygens (including phenoxy) is 1. The number of nitrogens with zero attached hydrogens (tertiary/aromatic N) is 6. The summed E-state index contributed by atoms with van der Waals surface area (Å²) in [6.45, 7) is 6.31. The van der Waals surface area contributed by atoms with Gasteiger partial charge in [-0.25, -0.2) is 28.2 Å². The molecule has 12 nitrogen and oxygen atoms in total. The first kappa shape index (κ1) is 27.8. The number of benzene rings is 1. The van der Waals surface area contributed by atoms with Gasteiger partial charge in [-0.2, -0.15) is 4.31 Å². The molecule has 3 aromatic heterocycles. The van der Waals surface area contributed by atoms with Gasteiger partial charge in [-0.15, -0.1) is 0 Å². The van der Waals surface area contributed by atoms with E-state index in [1.807, 2.05) is 36.5 Å². The van der Waals surface area contributed by atoms with Crippen LogP contribution in [0, 0.1) is 6.92 Å². The van der Waals surface area contributed by atoms with E-state index >= 15 is 0 Å². The number of carbonyl (C=O) groups excluding carboxylic acids is 1. The van der Waals surface area contributed by atoms with E-state index < -0.39 is 16.1 Å². The number of aryl methyl sites for hydroxylation is 1. The lowest BCUT2D eigenvalue weighted by Crippen LogP contribution is -2.50. The quantitative estimate of drug-likeness (QED) is 0.317. The Balaban J connectivity index is 1.22. The number of methoxy groups -OCH3 is 1. The van der Waals surface area contributed by atoms with Gasteiger partial charge in [-0.05, 0) is 26.0 Å². The normalized spacial score (nSPS) is 15.6. The molecule has 1 saturated heterocycles. The maximum atomic E-state index is 13.3. The second-order valence-electron chi connectivity index (χ2n) is 9.42. The molecule has 1 atom stereocenters. The number of anilines is 2. The third-order valence-electron chi connectivity index (χ3n) is 6.61. The number of hydrogen-bond acceptors (Lipinski definition) is 11. The van der Waals surface area contributed by atoms with Crippen LogP contribution in [0.15, 0.2) is 53.3 Å². The fraction of sp³-hybridized carbons (Fsp3) is 0.346. The molecule has 40 heavy (non-hydrogen) atoms. The van der Waals surface area contributed by atoms with Crippen LogP contribution < -0.4 is 10.6 Å². The minimum atomic E-state index is -3.73. The summed E-state index contributed by atoms with van der Waals surface area (Å²) in [5, 5.41) is 7.06. The number of rotatable bonds is 8. The molecule has 1 fully saturated rings. The Morgan fingerprint density at radius 2 is 1.95 bits per heavy atom. The number of thiazole rings is 1. The van der Waals surface area contributed by atoms with Crippen molar-refractivity contribution in [2.45, 2.75) is 24.1 Å². The number of nitrogens with one attached hydrogen (secondary N) is 2. The highest BCUT2D eigenvalue weighted by atomic mass is 32.2. The molecule has 14 heteroatoms. The van der Waals surface area contributed by atoms with E-state index in [1.165, 1.54) is 11.4 Å². The van der Waals surface area contributed by atoms with Crippen molar-refractivity contribution < 1.29 is 17.9 Å². The zero-order chi connectivity index (χ0) is 28.3. The van der Waals surface area contributed by atoms with Crippen LogP contribution in [-0.2, 0) is 14.8 Å². The molecule has 0 bridgehead atoms. The minimum absolute atomic E-state index is 0.0546. The summed E-state index contributed by atoms with van der Waals surface area (Å²) in [5.74, 6) is 0.751. The summed E-state index contributed by atoms with van der Waals surface area (Å²) in [4.78, 5) is 31.2. The van der Waals surface area contributed by atoms with Crippen molar-refractivity contribution in [3.8, 4) is 11.1 Å². The van der Waals surface area contributed by atoms with Crippen LogP contribution in [0.25, 0.3) is 22.0 Å². The largest absolute Gasteiger partial charge is 0.453 e. The number of hydrogen-bond donors (Lipinski definition) is 2. The first-order valence-electron chi connectivity index (χ1n) is 12.7. The third-order valence-corrected chi connectivity index (χ3v) is 10.2. The van der Waals surface area contributed by atoms with E-state index in [2.05, 4.69) is 47.1 Å². The van der Waals surface area contributed by atoms with E-state index in [0.717, 1.165) is 39.2 Å². The molecule has 2 N–H and O–H groups in total. The molecule has 0 radical (unpaired) electrons. The molecule has 0 spiro atoms. The number of pyridine rings is 1. The Bertz CT molecular complexity index is 1610.